The molecule has 37 heavy (non-hydrogen) atoms. The highest BCUT2D eigenvalue weighted by atomic mass is 15.5. The third kappa shape index (κ3) is 6.63. The third-order valence-electron chi connectivity index (χ3n) is 5.73. The minimum atomic E-state index is 0.445. The molecule has 9 heteroatoms. The van der Waals surface area contributed by atoms with E-state index in [2.05, 4.69) is 85.0 Å². The summed E-state index contributed by atoms with van der Waals surface area (Å²) in [6.07, 6.45) is 7.50. The lowest BCUT2D eigenvalue weighted by Crippen LogP contribution is -2.28. The second-order valence-electron chi connectivity index (χ2n) is 9.18. The molecule has 0 spiro atoms. The number of H-pyrrole nitrogens is 1. The minimum Gasteiger partial charge on any atom is -0.352 e. The van der Waals surface area contributed by atoms with Gasteiger partial charge in [0.05, 0.1) is 23.8 Å². The molecule has 0 radical (unpaired) electrons. The molecule has 2 N–H and O–H groups in total. The number of aryl methyl sites for hydroxylation is 1. The molecule has 0 aliphatic rings. The van der Waals surface area contributed by atoms with Crippen LogP contribution < -0.4 is 10.2 Å². The number of nitrogens with one attached hydrogen (secondary N) is 2. The van der Waals surface area contributed by atoms with Crippen LogP contribution in [0.2, 0.25) is 0 Å². The van der Waals surface area contributed by atoms with Crippen LogP contribution in [0, 0.1) is 12.8 Å². The van der Waals surface area contributed by atoms with Gasteiger partial charge in [0.2, 0.25) is 0 Å². The lowest BCUT2D eigenvalue weighted by atomic mass is 10.0. The fourth-order valence-electron chi connectivity index (χ4n) is 4.11. The largest absolute Gasteiger partial charge is 0.352 e. The summed E-state index contributed by atoms with van der Waals surface area (Å²) in [6.45, 7) is 11.9. The van der Waals surface area contributed by atoms with E-state index in [0.29, 0.717) is 17.6 Å². The predicted molar refractivity (Wildman–Crippen MR) is 148 cm³/mol. The lowest BCUT2D eigenvalue weighted by Gasteiger charge is -2.27. The molecule has 0 saturated heterocycles. The molecule has 3 heterocycles. The molecule has 0 amide bonds. The zero-order valence-electron chi connectivity index (χ0n) is 22.0. The van der Waals surface area contributed by atoms with Crippen LogP contribution in [0.3, 0.4) is 0 Å². The van der Waals surface area contributed by atoms with Crippen LogP contribution in [0.25, 0.3) is 11.1 Å². The first-order valence-corrected chi connectivity index (χ1v) is 12.4. The summed E-state index contributed by atoms with van der Waals surface area (Å²) in [5.74, 6) is 2.56. The molecule has 4 rings (SSSR count). The number of hydrogen-bond acceptors (Lipinski definition) is 8. The first-order valence-electron chi connectivity index (χ1n) is 12.4. The summed E-state index contributed by atoms with van der Waals surface area (Å²) in [6, 6.07) is 14.5. The summed E-state index contributed by atoms with van der Waals surface area (Å²) >= 11 is 0. The molecule has 0 fully saturated rings. The van der Waals surface area contributed by atoms with E-state index in [9.17, 15) is 0 Å². The van der Waals surface area contributed by atoms with Crippen molar-refractivity contribution < 1.29 is 0 Å². The van der Waals surface area contributed by atoms with Crippen molar-refractivity contribution in [3.05, 3.63) is 89.8 Å². The van der Waals surface area contributed by atoms with Crippen molar-refractivity contribution in [3.8, 4) is 0 Å². The minimum absolute atomic E-state index is 0.445. The first-order chi connectivity index (χ1) is 18.0. The van der Waals surface area contributed by atoms with Gasteiger partial charge in [-0.3, -0.25) is 4.98 Å². The van der Waals surface area contributed by atoms with Gasteiger partial charge in [0.15, 0.2) is 5.82 Å². The highest BCUT2D eigenvalue weighted by Gasteiger charge is 2.19. The van der Waals surface area contributed by atoms with Gasteiger partial charge >= 0.3 is 0 Å². The molecular weight excluding hydrogens is 462 g/mol. The smallest absolute Gasteiger partial charge is 0.179 e. The van der Waals surface area contributed by atoms with E-state index in [1.165, 1.54) is 5.56 Å². The molecule has 4 aromatic rings. The van der Waals surface area contributed by atoms with Crippen LogP contribution in [-0.4, -0.2) is 42.1 Å². The Kier molecular flexibility index (Phi) is 8.35. The average Bonchev–Trinajstić information content (AvgIpc) is 3.43. The van der Waals surface area contributed by atoms with E-state index < -0.39 is 0 Å². The highest BCUT2D eigenvalue weighted by molar-refractivity contribution is 6.02. The Morgan fingerprint density at radius 2 is 1.81 bits per heavy atom. The molecule has 0 aliphatic carbocycles. The van der Waals surface area contributed by atoms with Gasteiger partial charge in [-0.25, -0.2) is 15.1 Å². The monoisotopic (exact) mass is 495 g/mol. The topological polar surface area (TPSA) is 108 Å². The lowest BCUT2D eigenvalue weighted by molar-refractivity contribution is 0.604. The fourth-order valence-corrected chi connectivity index (χ4v) is 4.11. The number of aromatic amines is 1. The van der Waals surface area contributed by atoms with E-state index in [1.54, 1.807) is 12.4 Å². The molecule has 0 atom stereocenters. The maximum Gasteiger partial charge on any atom is 0.179 e. The third-order valence-corrected chi connectivity index (χ3v) is 5.73. The van der Waals surface area contributed by atoms with Crippen LogP contribution in [0.4, 0.5) is 17.3 Å². The first kappa shape index (κ1) is 25.7. The van der Waals surface area contributed by atoms with Crippen LogP contribution in [0.5, 0.6) is 0 Å². The Morgan fingerprint density at radius 1 is 1.03 bits per heavy atom. The van der Waals surface area contributed by atoms with E-state index in [0.717, 1.165) is 47.1 Å². The van der Waals surface area contributed by atoms with Crippen LogP contribution >= 0.6 is 0 Å². The van der Waals surface area contributed by atoms with Crippen molar-refractivity contribution in [2.45, 2.75) is 41.2 Å². The molecular formula is C28H33N9. The molecule has 9 nitrogen and oxygen atoms in total. The maximum absolute atomic E-state index is 5.15. The number of rotatable bonds is 10. The normalized spacial score (nSPS) is 12.2. The standard InChI is InChI=1S/C28H33N9/c1-6-23(24(7-2)28-33-35-36-34-28)25-13-22(31-26-16-29-20(5)15-30-26)14-27(32-25)37(17-19(3)4)18-21-11-9-8-10-12-21/h6-16,19H,17-18H2,1-5H3,(H,30,31,32)(H,33,34,35,36)/b23-6+,24-7+. The molecule has 0 bridgehead atoms. The fraction of sp³-hybridized carbons (Fsp3) is 0.286. The Labute approximate surface area is 217 Å². The summed E-state index contributed by atoms with van der Waals surface area (Å²) < 4.78 is 0. The number of nitrogens with zero attached hydrogens (tertiary/aromatic N) is 7. The number of tetrazole rings is 1. The number of allylic oxidation sites excluding steroid dienone is 4. The van der Waals surface area contributed by atoms with Gasteiger partial charge in [0.25, 0.3) is 0 Å². The Morgan fingerprint density at radius 3 is 2.43 bits per heavy atom. The number of hydrogen-bond donors (Lipinski definition) is 2. The van der Waals surface area contributed by atoms with Crippen molar-refractivity contribution >= 4 is 28.5 Å². The number of pyridine rings is 1. The van der Waals surface area contributed by atoms with E-state index in [4.69, 9.17) is 4.98 Å². The second kappa shape index (κ2) is 12.0. The summed E-state index contributed by atoms with van der Waals surface area (Å²) in [7, 11) is 0. The van der Waals surface area contributed by atoms with E-state index in [-0.39, 0.29) is 0 Å². The predicted octanol–water partition coefficient (Wildman–Crippen LogP) is 5.61. The molecule has 0 aliphatic heterocycles. The van der Waals surface area contributed by atoms with Crippen molar-refractivity contribution in [2.24, 2.45) is 5.92 Å². The van der Waals surface area contributed by atoms with Gasteiger partial charge < -0.3 is 10.2 Å². The highest BCUT2D eigenvalue weighted by Crippen LogP contribution is 2.32. The van der Waals surface area contributed by atoms with Gasteiger partial charge in [-0.1, -0.05) is 56.3 Å². The van der Waals surface area contributed by atoms with Crippen LogP contribution in [0.15, 0.2) is 67.0 Å². The average molecular weight is 496 g/mol. The molecule has 0 unspecified atom stereocenters. The Balaban J connectivity index is 1.81. The van der Waals surface area contributed by atoms with Gasteiger partial charge in [-0.2, -0.15) is 0 Å². The Bertz CT molecular complexity index is 1340. The van der Waals surface area contributed by atoms with Crippen molar-refractivity contribution in [3.63, 3.8) is 0 Å². The van der Waals surface area contributed by atoms with E-state index in [1.807, 2.05) is 45.1 Å². The van der Waals surface area contributed by atoms with E-state index >= 15 is 0 Å². The molecule has 190 valence electrons. The van der Waals surface area contributed by atoms with Gasteiger partial charge in [-0.05, 0) is 48.7 Å². The van der Waals surface area contributed by atoms with Crippen molar-refractivity contribution in [2.75, 3.05) is 16.8 Å². The van der Waals surface area contributed by atoms with Gasteiger partial charge in [-0.15, -0.1) is 5.10 Å². The maximum atomic E-state index is 5.15. The number of anilines is 3. The number of benzene rings is 1. The Hall–Kier alpha value is -4.40. The zero-order valence-corrected chi connectivity index (χ0v) is 22.0. The van der Waals surface area contributed by atoms with Crippen molar-refractivity contribution in [1.29, 1.82) is 0 Å². The SMILES string of the molecule is C/C=C(\C(=C/C)c1nnn[nH]1)c1cc(Nc2cnc(C)cn2)cc(N(Cc2ccccc2)CC(C)C)n1. The van der Waals surface area contributed by atoms with Gasteiger partial charge in [0, 0.05) is 36.0 Å². The molecule has 3 aromatic heterocycles. The quantitative estimate of drug-likeness (QED) is 0.274. The zero-order chi connectivity index (χ0) is 26.2. The summed E-state index contributed by atoms with van der Waals surface area (Å²) in [4.78, 5) is 16.3. The van der Waals surface area contributed by atoms with Gasteiger partial charge in [0.1, 0.15) is 11.6 Å². The van der Waals surface area contributed by atoms with Crippen LogP contribution in [-0.2, 0) is 6.54 Å². The second-order valence-corrected chi connectivity index (χ2v) is 9.18. The van der Waals surface area contributed by atoms with Crippen LogP contribution in [0.1, 0.15) is 50.5 Å². The summed E-state index contributed by atoms with van der Waals surface area (Å²) in [5, 5.41) is 18.0. The molecule has 1 aromatic carbocycles. The molecule has 0 saturated carbocycles. The van der Waals surface area contributed by atoms with Crippen molar-refractivity contribution in [1.82, 2.24) is 35.6 Å². The summed E-state index contributed by atoms with van der Waals surface area (Å²) in [5.41, 5.74) is 5.55. The number of aromatic nitrogens is 7.